The third-order valence-electron chi connectivity index (χ3n) is 11.4. The Labute approximate surface area is 429 Å². The molecule has 2 aliphatic carbocycles. The number of rotatable bonds is 7. The monoisotopic (exact) mass is 1030 g/mol. The van der Waals surface area contributed by atoms with Gasteiger partial charge in [0.05, 0.1) is 25.4 Å². The molecule has 0 saturated carbocycles. The van der Waals surface area contributed by atoms with Crippen molar-refractivity contribution in [2.24, 2.45) is 0 Å². The molecule has 4 nitrogen and oxygen atoms in total. The van der Waals surface area contributed by atoms with Crippen molar-refractivity contribution in [2.45, 2.75) is 0 Å². The molecule has 68 heavy (non-hydrogen) atoms. The van der Waals surface area contributed by atoms with Gasteiger partial charge >= 0.3 is 0 Å². The zero-order valence-electron chi connectivity index (χ0n) is 36.6. The third-order valence-corrected chi connectivity index (χ3v) is 21.8. The van der Waals surface area contributed by atoms with Crippen molar-refractivity contribution in [2.75, 3.05) is 25.0 Å². The maximum Gasteiger partial charge on any atom is 0.194 e. The average molecular weight is 1030 g/mol. The van der Waals surface area contributed by atoms with Gasteiger partial charge in [0.1, 0.15) is 0 Å². The van der Waals surface area contributed by atoms with Crippen molar-refractivity contribution >= 4 is 128 Å². The molecule has 6 aromatic rings. The fraction of sp³-hybridized carbons (Fsp3) is 0.0714. The van der Waals surface area contributed by atoms with E-state index < -0.39 is 0 Å². The number of fused-ring (bicyclic) bond motifs is 4. The topological polar surface area (TPSA) is 68.3 Å². The molecule has 0 saturated heterocycles. The average Bonchev–Trinajstić information content (AvgIpc) is 4.01. The highest BCUT2D eigenvalue weighted by atomic mass is 32.3. The first-order valence-corrected chi connectivity index (χ1v) is 29.1. The predicted octanol–water partition coefficient (Wildman–Crippen LogP) is 14.7. The Morgan fingerprint density at radius 2 is 0.603 bits per heavy atom. The number of benzene rings is 6. The van der Waals surface area contributed by atoms with E-state index in [1.54, 1.807) is 132 Å². The Bertz CT molecular complexity index is 3200. The number of carbonyl (C=O) groups excluding carboxylic acids is 4. The van der Waals surface area contributed by atoms with Gasteiger partial charge in [0.25, 0.3) is 0 Å². The third kappa shape index (κ3) is 8.87. The molecule has 2 heterocycles. The van der Waals surface area contributed by atoms with Gasteiger partial charge in [0.2, 0.25) is 0 Å². The number of ketones is 4. The van der Waals surface area contributed by atoms with Crippen LogP contribution in [0.15, 0.2) is 159 Å². The van der Waals surface area contributed by atoms with Gasteiger partial charge in [0.15, 0.2) is 23.1 Å². The molecule has 2 aliphatic heterocycles. The van der Waals surface area contributed by atoms with Crippen LogP contribution in [0.4, 0.5) is 0 Å². The zero-order chi connectivity index (χ0) is 47.1. The highest BCUT2D eigenvalue weighted by Crippen LogP contribution is 2.64. The van der Waals surface area contributed by atoms with Crippen molar-refractivity contribution < 1.29 is 19.2 Å². The van der Waals surface area contributed by atoms with E-state index in [0.29, 0.717) is 55.6 Å². The quantitative estimate of drug-likeness (QED) is 0.143. The summed E-state index contributed by atoms with van der Waals surface area (Å²) < 4.78 is 7.50. The second kappa shape index (κ2) is 20.1. The van der Waals surface area contributed by atoms with Crippen LogP contribution in [0, 0.1) is 23.7 Å². The standard InChI is InChI=1S/C56H34O4S8/c1-61-53-54(62-2)66-51(65-53)45(35-23-17-31(18-24-35)13-15-33-21-27-41-43(29-33)49(59)39-11-7-5-9-37(39)47(41)57)46(52-67-55(63-3)56(64-4)68-52)36-25-19-32(20-26-36)14-16-34-22-28-42-44(30-34)50(60)40-12-8-6-10-38(40)48(42)58/h5-12,17-30H,1-4H3. The maximum absolute atomic E-state index is 13.4. The molecule has 0 radical (unpaired) electrons. The molecule has 6 aromatic carbocycles. The van der Waals surface area contributed by atoms with Crippen LogP contribution in [0.3, 0.4) is 0 Å². The number of hydrogen-bond donors (Lipinski definition) is 0. The molecule has 0 fully saturated rings. The van der Waals surface area contributed by atoms with Crippen LogP contribution < -0.4 is 0 Å². The van der Waals surface area contributed by atoms with Gasteiger partial charge in [-0.2, -0.15) is 0 Å². The van der Waals surface area contributed by atoms with Crippen molar-refractivity contribution in [3.63, 3.8) is 0 Å². The summed E-state index contributed by atoms with van der Waals surface area (Å²) in [6.07, 6.45) is 8.52. The van der Waals surface area contributed by atoms with Gasteiger partial charge in [-0.05, 0) is 96.8 Å². The SMILES string of the molecule is CSC1=C(SC)SC(=C(C(=C2SC(SC)=C(SC)S2)c2ccc(C#Cc3ccc4c(c3)C(=O)c3ccccc3C4=O)cc2)c2ccc(C#Cc3ccc4c(c3)C(=O)c3ccccc3C4=O)cc2)S1. The molecule has 330 valence electrons. The second-order valence-electron chi connectivity index (χ2n) is 15.3. The lowest BCUT2D eigenvalue weighted by atomic mass is 9.83. The Kier molecular flexibility index (Phi) is 13.8. The van der Waals surface area contributed by atoms with E-state index in [2.05, 4.69) is 73.0 Å². The fourth-order valence-corrected chi connectivity index (χ4v) is 18.3. The minimum absolute atomic E-state index is 0.148. The van der Waals surface area contributed by atoms with Crippen LogP contribution in [-0.2, 0) is 0 Å². The minimum Gasteiger partial charge on any atom is -0.289 e. The number of carbonyl (C=O) groups is 4. The summed E-state index contributed by atoms with van der Waals surface area (Å²) in [5.74, 6) is 12.5. The Hall–Kier alpha value is -5.12. The zero-order valence-corrected chi connectivity index (χ0v) is 43.1. The van der Waals surface area contributed by atoms with Crippen LogP contribution in [0.25, 0.3) is 11.1 Å². The van der Waals surface area contributed by atoms with Gasteiger partial charge in [-0.15, -0.1) is 47.0 Å². The molecule has 0 spiro atoms. The van der Waals surface area contributed by atoms with Crippen LogP contribution in [0.2, 0.25) is 0 Å². The highest BCUT2D eigenvalue weighted by molar-refractivity contribution is 8.41. The number of hydrogen-bond acceptors (Lipinski definition) is 12. The lowest BCUT2D eigenvalue weighted by Crippen LogP contribution is -2.20. The molecular formula is C56H34O4S8. The smallest absolute Gasteiger partial charge is 0.194 e. The van der Waals surface area contributed by atoms with Crippen molar-refractivity contribution in [3.05, 3.63) is 237 Å². The molecule has 0 amide bonds. The Morgan fingerprint density at radius 1 is 0.338 bits per heavy atom. The Balaban J connectivity index is 1.00. The molecule has 12 heteroatoms. The van der Waals surface area contributed by atoms with Gasteiger partial charge in [-0.3, -0.25) is 19.2 Å². The molecule has 10 rings (SSSR count). The largest absolute Gasteiger partial charge is 0.289 e. The van der Waals surface area contributed by atoms with Crippen molar-refractivity contribution in [1.82, 2.24) is 0 Å². The summed E-state index contributed by atoms with van der Waals surface area (Å²) in [5, 5.41) is 0. The molecule has 0 unspecified atom stereocenters. The second-order valence-corrected chi connectivity index (χ2v) is 24.2. The molecule has 0 N–H and O–H groups in total. The van der Waals surface area contributed by atoms with Gasteiger partial charge < -0.3 is 0 Å². The minimum atomic E-state index is -0.165. The highest BCUT2D eigenvalue weighted by Gasteiger charge is 2.33. The first kappa shape index (κ1) is 46.6. The number of thioether (sulfide) groups is 8. The molecule has 0 aromatic heterocycles. The molecular weight excluding hydrogens is 993 g/mol. The van der Waals surface area contributed by atoms with E-state index in [0.717, 1.165) is 33.4 Å². The van der Waals surface area contributed by atoms with Gasteiger partial charge in [-0.1, -0.05) is 144 Å². The lowest BCUT2D eigenvalue weighted by Gasteiger charge is -2.19. The number of allylic oxidation sites excluding steroid dienone is 2. The van der Waals surface area contributed by atoms with Gasteiger partial charge in [0, 0.05) is 77.9 Å². The summed E-state index contributed by atoms with van der Waals surface area (Å²) in [6, 6.07) is 41.2. The summed E-state index contributed by atoms with van der Waals surface area (Å²) >= 11 is 14.3. The van der Waals surface area contributed by atoms with E-state index in [-0.39, 0.29) is 23.1 Å². The van der Waals surface area contributed by atoms with Crippen molar-refractivity contribution in [3.8, 4) is 23.7 Å². The van der Waals surface area contributed by atoms with E-state index in [4.69, 9.17) is 0 Å². The van der Waals surface area contributed by atoms with Crippen LogP contribution in [-0.4, -0.2) is 48.2 Å². The van der Waals surface area contributed by atoms with Crippen LogP contribution >= 0.6 is 94.1 Å². The molecule has 0 bridgehead atoms. The van der Waals surface area contributed by atoms with Gasteiger partial charge in [-0.25, -0.2) is 0 Å². The molecule has 0 atom stereocenters. The summed E-state index contributed by atoms with van der Waals surface area (Å²) in [4.78, 5) is 53.3. The van der Waals surface area contributed by atoms with E-state index in [1.807, 2.05) is 71.3 Å². The van der Waals surface area contributed by atoms with Crippen molar-refractivity contribution in [1.29, 1.82) is 0 Å². The summed E-state index contributed by atoms with van der Waals surface area (Å²) in [5.41, 5.74) is 10.6. The first-order chi connectivity index (χ1) is 33.2. The molecule has 4 aliphatic rings. The van der Waals surface area contributed by atoms with E-state index in [1.165, 1.54) is 25.4 Å². The first-order valence-electron chi connectivity index (χ1n) is 20.9. The fourth-order valence-electron chi connectivity index (χ4n) is 8.06. The van der Waals surface area contributed by atoms with Crippen LogP contribution in [0.5, 0.6) is 0 Å². The lowest BCUT2D eigenvalue weighted by molar-refractivity contribution is 0.0979. The summed E-state index contributed by atoms with van der Waals surface area (Å²) in [6.45, 7) is 0. The van der Waals surface area contributed by atoms with E-state index >= 15 is 0 Å². The van der Waals surface area contributed by atoms with E-state index in [9.17, 15) is 19.2 Å². The van der Waals surface area contributed by atoms with Crippen LogP contribution in [0.1, 0.15) is 97.1 Å². The Morgan fingerprint density at radius 3 is 0.912 bits per heavy atom. The predicted molar refractivity (Wildman–Crippen MR) is 297 cm³/mol. The maximum atomic E-state index is 13.4. The normalized spacial score (nSPS) is 14.8. The summed E-state index contributed by atoms with van der Waals surface area (Å²) in [7, 11) is 0.